The van der Waals surface area contributed by atoms with E-state index in [1.807, 2.05) is 29.9 Å². The van der Waals surface area contributed by atoms with Crippen molar-refractivity contribution in [1.82, 2.24) is 19.7 Å². The number of carbonyl (C=O) groups is 2. The molecule has 0 bridgehead atoms. The van der Waals surface area contributed by atoms with Gasteiger partial charge in [-0.05, 0) is 25.5 Å². The van der Waals surface area contributed by atoms with Crippen LogP contribution in [0, 0.1) is 6.92 Å². The molecule has 2 aromatic heterocycles. The highest BCUT2D eigenvalue weighted by Gasteiger charge is 2.29. The molecule has 7 heteroatoms. The highest BCUT2D eigenvalue weighted by molar-refractivity contribution is 5.92. The minimum atomic E-state index is -0.149. The van der Waals surface area contributed by atoms with Gasteiger partial charge < -0.3 is 10.2 Å². The Balaban J connectivity index is 1.67. The third-order valence-corrected chi connectivity index (χ3v) is 3.84. The van der Waals surface area contributed by atoms with Gasteiger partial charge in [-0.25, -0.2) is 4.98 Å². The molecule has 3 rings (SSSR count). The molecule has 1 N–H and O–H groups in total. The van der Waals surface area contributed by atoms with Crippen molar-refractivity contribution in [3.63, 3.8) is 0 Å². The topological polar surface area (TPSA) is 80.1 Å². The second kappa shape index (κ2) is 6.20. The third kappa shape index (κ3) is 3.39. The molecule has 23 heavy (non-hydrogen) atoms. The Bertz CT molecular complexity index is 740. The van der Waals surface area contributed by atoms with Crippen molar-refractivity contribution in [3.8, 4) is 0 Å². The van der Waals surface area contributed by atoms with Crippen molar-refractivity contribution in [3.05, 3.63) is 41.9 Å². The highest BCUT2D eigenvalue weighted by Crippen LogP contribution is 2.23. The van der Waals surface area contributed by atoms with Crippen LogP contribution in [-0.4, -0.2) is 44.6 Å². The molecular formula is C16H19N5O2. The zero-order valence-corrected chi connectivity index (χ0v) is 13.2. The fourth-order valence-electron chi connectivity index (χ4n) is 2.75. The number of hydrogen-bond donors (Lipinski definition) is 1. The minimum Gasteiger partial charge on any atom is -0.335 e. The number of rotatable bonds is 3. The summed E-state index contributed by atoms with van der Waals surface area (Å²) in [5.41, 5.74) is 1.31. The van der Waals surface area contributed by atoms with E-state index in [4.69, 9.17) is 0 Å². The van der Waals surface area contributed by atoms with Gasteiger partial charge in [-0.3, -0.25) is 14.3 Å². The summed E-state index contributed by atoms with van der Waals surface area (Å²) in [5, 5.41) is 7.00. The van der Waals surface area contributed by atoms with E-state index in [1.165, 1.54) is 6.92 Å². The normalized spacial score (nSPS) is 17.3. The number of likely N-dealkylation sites (tertiary alicyclic amines) is 1. The van der Waals surface area contributed by atoms with E-state index in [0.717, 1.165) is 12.1 Å². The standard InChI is InChI=1S/C16H19N5O2/c1-11-4-3-5-14(17-11)16(23)20-8-6-13(10-20)21-9-7-15(19-21)18-12(2)22/h3-5,7,9,13H,6,8,10H2,1-2H3,(H,18,19,22)/t13-/m1/s1. The largest absolute Gasteiger partial charge is 0.335 e. The van der Waals surface area contributed by atoms with Crippen LogP contribution in [0.5, 0.6) is 0 Å². The number of aryl methyl sites for hydroxylation is 1. The molecule has 0 aliphatic carbocycles. The van der Waals surface area contributed by atoms with Crippen molar-refractivity contribution < 1.29 is 9.59 Å². The summed E-state index contributed by atoms with van der Waals surface area (Å²) < 4.78 is 1.81. The Labute approximate surface area is 134 Å². The second-order valence-corrected chi connectivity index (χ2v) is 5.72. The maximum Gasteiger partial charge on any atom is 0.272 e. The number of anilines is 1. The average Bonchev–Trinajstić information content (AvgIpc) is 3.14. The lowest BCUT2D eigenvalue weighted by atomic mass is 10.3. The number of aromatic nitrogens is 3. The number of nitrogens with zero attached hydrogens (tertiary/aromatic N) is 4. The number of amides is 2. The number of carbonyl (C=O) groups excluding carboxylic acids is 2. The molecule has 0 saturated carbocycles. The molecule has 0 aromatic carbocycles. The lowest BCUT2D eigenvalue weighted by Gasteiger charge is -2.16. The molecule has 120 valence electrons. The SMILES string of the molecule is CC(=O)Nc1ccn([C@@H]2CCN(C(=O)c3cccc(C)n3)C2)n1. The van der Waals surface area contributed by atoms with Crippen LogP contribution in [0.25, 0.3) is 0 Å². The van der Waals surface area contributed by atoms with Gasteiger partial charge in [0.25, 0.3) is 5.91 Å². The fraction of sp³-hybridized carbons (Fsp3) is 0.375. The van der Waals surface area contributed by atoms with Gasteiger partial charge in [-0.1, -0.05) is 6.07 Å². The van der Waals surface area contributed by atoms with Crippen LogP contribution in [0.1, 0.15) is 35.6 Å². The van der Waals surface area contributed by atoms with Gasteiger partial charge in [0.05, 0.1) is 6.04 Å². The first kappa shape index (κ1) is 15.2. The van der Waals surface area contributed by atoms with Crippen LogP contribution in [0.15, 0.2) is 30.5 Å². The van der Waals surface area contributed by atoms with Crippen LogP contribution in [0.4, 0.5) is 5.82 Å². The van der Waals surface area contributed by atoms with Gasteiger partial charge in [0.2, 0.25) is 5.91 Å². The number of hydrogen-bond acceptors (Lipinski definition) is 4. The van der Waals surface area contributed by atoms with Crippen LogP contribution < -0.4 is 5.32 Å². The first-order chi connectivity index (χ1) is 11.0. The Morgan fingerprint density at radius 3 is 2.87 bits per heavy atom. The van der Waals surface area contributed by atoms with Crippen molar-refractivity contribution in [2.45, 2.75) is 26.3 Å². The molecule has 0 spiro atoms. The summed E-state index contributed by atoms with van der Waals surface area (Å²) in [4.78, 5) is 29.6. The van der Waals surface area contributed by atoms with Crippen LogP contribution >= 0.6 is 0 Å². The van der Waals surface area contributed by atoms with E-state index in [1.54, 1.807) is 17.0 Å². The van der Waals surface area contributed by atoms with Crippen LogP contribution in [0.2, 0.25) is 0 Å². The average molecular weight is 313 g/mol. The van der Waals surface area contributed by atoms with Crippen molar-refractivity contribution in [2.24, 2.45) is 0 Å². The third-order valence-electron chi connectivity index (χ3n) is 3.84. The van der Waals surface area contributed by atoms with Gasteiger partial charge in [-0.2, -0.15) is 5.10 Å². The minimum absolute atomic E-state index is 0.0505. The molecular weight excluding hydrogens is 294 g/mol. The highest BCUT2D eigenvalue weighted by atomic mass is 16.2. The lowest BCUT2D eigenvalue weighted by molar-refractivity contribution is -0.114. The molecule has 1 aliphatic rings. The summed E-state index contributed by atoms with van der Waals surface area (Å²) in [7, 11) is 0. The Morgan fingerprint density at radius 1 is 1.30 bits per heavy atom. The predicted octanol–water partition coefficient (Wildman–Crippen LogP) is 1.63. The quantitative estimate of drug-likeness (QED) is 0.934. The molecule has 0 unspecified atom stereocenters. The van der Waals surface area contributed by atoms with Gasteiger partial charge in [-0.15, -0.1) is 0 Å². The fourth-order valence-corrected chi connectivity index (χ4v) is 2.75. The molecule has 1 atom stereocenters. The van der Waals surface area contributed by atoms with Gasteiger partial charge in [0.15, 0.2) is 5.82 Å². The zero-order chi connectivity index (χ0) is 16.4. The summed E-state index contributed by atoms with van der Waals surface area (Å²) in [5.74, 6) is 0.331. The van der Waals surface area contributed by atoms with E-state index < -0.39 is 0 Å². The number of nitrogens with one attached hydrogen (secondary N) is 1. The van der Waals surface area contributed by atoms with E-state index in [0.29, 0.717) is 24.6 Å². The molecule has 3 heterocycles. The van der Waals surface area contributed by atoms with Crippen molar-refractivity contribution in [2.75, 3.05) is 18.4 Å². The summed E-state index contributed by atoms with van der Waals surface area (Å²) in [6, 6.07) is 7.33. The first-order valence-corrected chi connectivity index (χ1v) is 7.58. The summed E-state index contributed by atoms with van der Waals surface area (Å²) in [6.07, 6.45) is 2.66. The molecule has 2 aromatic rings. The van der Waals surface area contributed by atoms with Gasteiger partial charge >= 0.3 is 0 Å². The Morgan fingerprint density at radius 2 is 2.13 bits per heavy atom. The van der Waals surface area contributed by atoms with Crippen molar-refractivity contribution >= 4 is 17.6 Å². The van der Waals surface area contributed by atoms with Gasteiger partial charge in [0.1, 0.15) is 5.69 Å². The maximum absolute atomic E-state index is 12.5. The molecule has 2 amide bonds. The predicted molar refractivity (Wildman–Crippen MR) is 85.1 cm³/mol. The Kier molecular flexibility index (Phi) is 4.10. The van der Waals surface area contributed by atoms with E-state index in [9.17, 15) is 9.59 Å². The van der Waals surface area contributed by atoms with E-state index in [-0.39, 0.29) is 17.9 Å². The van der Waals surface area contributed by atoms with Crippen molar-refractivity contribution in [1.29, 1.82) is 0 Å². The second-order valence-electron chi connectivity index (χ2n) is 5.72. The number of pyridine rings is 1. The summed E-state index contributed by atoms with van der Waals surface area (Å²) in [6.45, 7) is 4.59. The molecule has 0 radical (unpaired) electrons. The monoisotopic (exact) mass is 313 g/mol. The van der Waals surface area contributed by atoms with E-state index in [2.05, 4.69) is 15.4 Å². The zero-order valence-electron chi connectivity index (χ0n) is 13.2. The summed E-state index contributed by atoms with van der Waals surface area (Å²) >= 11 is 0. The Hall–Kier alpha value is -2.70. The molecule has 1 fully saturated rings. The molecule has 1 aliphatic heterocycles. The van der Waals surface area contributed by atoms with Crippen LogP contribution in [0.3, 0.4) is 0 Å². The molecule has 1 saturated heterocycles. The van der Waals surface area contributed by atoms with Crippen LogP contribution in [-0.2, 0) is 4.79 Å². The van der Waals surface area contributed by atoms with E-state index >= 15 is 0 Å². The van der Waals surface area contributed by atoms with Gasteiger partial charge in [0, 0.05) is 38.0 Å². The molecule has 7 nitrogen and oxygen atoms in total. The first-order valence-electron chi connectivity index (χ1n) is 7.58. The smallest absolute Gasteiger partial charge is 0.272 e. The lowest BCUT2D eigenvalue weighted by Crippen LogP contribution is -2.30. The maximum atomic E-state index is 12.5.